The number of Topliss-reactive ketones (excluding diaryl/α,β-unsaturated/α-hetero) is 1. The molecule has 0 radical (unpaired) electrons. The fourth-order valence-corrected chi connectivity index (χ4v) is 3.75. The van der Waals surface area contributed by atoms with Crippen LogP contribution in [-0.4, -0.2) is 11.5 Å². The third-order valence-corrected chi connectivity index (χ3v) is 4.97. The minimum Gasteiger partial charge on any atom is -0.294 e. The fraction of sp³-hybridized carbons (Fsp3) is 0.214. The Kier molecular flexibility index (Phi) is 5.03. The van der Waals surface area contributed by atoms with Crippen LogP contribution in [0.1, 0.15) is 22.2 Å². The number of hydrogen-bond acceptors (Lipinski definition) is 3. The van der Waals surface area contributed by atoms with Gasteiger partial charge in [-0.05, 0) is 45.9 Å². The van der Waals surface area contributed by atoms with Crippen LogP contribution in [0.3, 0.4) is 0 Å². The van der Waals surface area contributed by atoms with Gasteiger partial charge in [-0.3, -0.25) is 4.79 Å². The number of carbonyl (C=O) groups excluding carboxylic acids is 1. The van der Waals surface area contributed by atoms with Gasteiger partial charge in [0.1, 0.15) is 0 Å². The summed E-state index contributed by atoms with van der Waals surface area (Å²) < 4.78 is 1.07. The van der Waals surface area contributed by atoms with Crippen molar-refractivity contribution in [2.45, 2.75) is 18.2 Å². The van der Waals surface area contributed by atoms with E-state index in [1.807, 2.05) is 36.4 Å². The lowest BCUT2D eigenvalue weighted by molar-refractivity contribution is 0.0994. The summed E-state index contributed by atoms with van der Waals surface area (Å²) in [5.41, 5.74) is 0.792. The van der Waals surface area contributed by atoms with Gasteiger partial charge in [0.2, 0.25) is 0 Å². The molecule has 2 aromatic rings. The molecule has 0 bridgehead atoms. The van der Waals surface area contributed by atoms with Crippen LogP contribution in [-0.2, 0) is 6.42 Å². The smallest absolute Gasteiger partial charge is 0.168 e. The lowest BCUT2D eigenvalue weighted by Crippen LogP contribution is -2.01. The van der Waals surface area contributed by atoms with E-state index in [0.717, 1.165) is 20.0 Å². The van der Waals surface area contributed by atoms with Crippen molar-refractivity contribution in [3.8, 4) is 0 Å². The minimum atomic E-state index is 0.178. The molecule has 1 aromatic heterocycles. The Bertz CT molecular complexity index is 531. The highest BCUT2D eigenvalue weighted by Crippen LogP contribution is 2.24. The molecule has 2 rings (SSSR count). The molecule has 0 fully saturated rings. The van der Waals surface area contributed by atoms with E-state index in [9.17, 15) is 4.79 Å². The Balaban J connectivity index is 2.04. The van der Waals surface area contributed by atoms with Crippen LogP contribution in [0.15, 0.2) is 45.1 Å². The summed E-state index contributed by atoms with van der Waals surface area (Å²) in [5.74, 6) is 1.23. The van der Waals surface area contributed by atoms with E-state index in [2.05, 4.69) is 22.9 Å². The highest BCUT2D eigenvalue weighted by atomic mass is 79.9. The number of thiophene rings is 1. The van der Waals surface area contributed by atoms with E-state index in [-0.39, 0.29) is 5.78 Å². The van der Waals surface area contributed by atoms with Crippen LogP contribution in [0.25, 0.3) is 0 Å². The van der Waals surface area contributed by atoms with Gasteiger partial charge in [-0.2, -0.15) is 0 Å². The third kappa shape index (κ3) is 3.70. The molecule has 0 spiro atoms. The molecule has 0 aliphatic rings. The number of benzene rings is 1. The van der Waals surface area contributed by atoms with Crippen molar-refractivity contribution in [1.82, 2.24) is 0 Å². The zero-order valence-electron chi connectivity index (χ0n) is 9.98. The van der Waals surface area contributed by atoms with Crippen molar-refractivity contribution in [1.29, 1.82) is 0 Å². The zero-order chi connectivity index (χ0) is 13.0. The third-order valence-electron chi connectivity index (χ3n) is 2.45. The van der Waals surface area contributed by atoms with Crippen molar-refractivity contribution < 1.29 is 4.79 Å². The predicted molar refractivity (Wildman–Crippen MR) is 82.9 cm³/mol. The first-order chi connectivity index (χ1) is 8.69. The average molecular weight is 341 g/mol. The second kappa shape index (κ2) is 6.55. The Labute approximate surface area is 124 Å². The molecule has 4 heteroatoms. The number of carbonyl (C=O) groups is 1. The van der Waals surface area contributed by atoms with E-state index in [4.69, 9.17) is 0 Å². The van der Waals surface area contributed by atoms with Crippen LogP contribution in [0.5, 0.6) is 0 Å². The molecule has 18 heavy (non-hydrogen) atoms. The molecular formula is C14H13BrOS2. The van der Waals surface area contributed by atoms with Gasteiger partial charge in [-0.25, -0.2) is 0 Å². The van der Waals surface area contributed by atoms with Gasteiger partial charge < -0.3 is 0 Å². The number of rotatable bonds is 5. The van der Waals surface area contributed by atoms with Crippen LogP contribution >= 0.6 is 39.0 Å². The summed E-state index contributed by atoms with van der Waals surface area (Å²) in [6, 6.07) is 11.9. The molecule has 0 saturated heterocycles. The quantitative estimate of drug-likeness (QED) is 0.559. The molecule has 0 N–H and O–H groups in total. The van der Waals surface area contributed by atoms with Gasteiger partial charge in [-0.1, -0.05) is 19.1 Å². The maximum Gasteiger partial charge on any atom is 0.168 e. The molecule has 1 nitrogen and oxygen atoms in total. The standard InChI is InChI=1S/C14H13BrOS2/c1-2-17-11-5-3-10(4-6-11)13(16)9-12-7-8-14(15)18-12/h3-8H,2,9H2,1H3. The van der Waals surface area contributed by atoms with Crippen LogP contribution in [0, 0.1) is 0 Å². The molecule has 1 heterocycles. The summed E-state index contributed by atoms with van der Waals surface area (Å²) in [7, 11) is 0. The maximum absolute atomic E-state index is 12.1. The van der Waals surface area contributed by atoms with Gasteiger partial charge >= 0.3 is 0 Å². The van der Waals surface area contributed by atoms with E-state index in [1.54, 1.807) is 23.1 Å². The van der Waals surface area contributed by atoms with Crippen molar-refractivity contribution in [2.75, 3.05) is 5.75 Å². The largest absolute Gasteiger partial charge is 0.294 e. The molecule has 1 aromatic carbocycles. The Morgan fingerprint density at radius 1 is 1.22 bits per heavy atom. The second-order valence-corrected chi connectivity index (χ2v) is 7.65. The van der Waals surface area contributed by atoms with Crippen molar-refractivity contribution in [3.05, 3.63) is 50.6 Å². The average Bonchev–Trinajstić information content (AvgIpc) is 2.76. The molecule has 0 unspecified atom stereocenters. The first-order valence-electron chi connectivity index (χ1n) is 5.69. The molecule has 0 amide bonds. The summed E-state index contributed by atoms with van der Waals surface area (Å²) in [6.45, 7) is 2.12. The van der Waals surface area contributed by atoms with E-state index >= 15 is 0 Å². The Morgan fingerprint density at radius 2 is 1.94 bits per heavy atom. The van der Waals surface area contributed by atoms with Gasteiger partial charge in [-0.15, -0.1) is 23.1 Å². The topological polar surface area (TPSA) is 17.1 Å². The normalized spacial score (nSPS) is 10.6. The molecule has 0 aliphatic heterocycles. The van der Waals surface area contributed by atoms with Crippen molar-refractivity contribution in [3.63, 3.8) is 0 Å². The first kappa shape index (κ1) is 13.8. The molecular weight excluding hydrogens is 328 g/mol. The van der Waals surface area contributed by atoms with Crippen molar-refractivity contribution in [2.24, 2.45) is 0 Å². The monoisotopic (exact) mass is 340 g/mol. The van der Waals surface area contributed by atoms with E-state index < -0.39 is 0 Å². The molecule has 94 valence electrons. The van der Waals surface area contributed by atoms with Gasteiger partial charge in [0.05, 0.1) is 3.79 Å². The van der Waals surface area contributed by atoms with E-state index in [1.165, 1.54) is 4.90 Å². The SMILES string of the molecule is CCSc1ccc(C(=O)Cc2ccc(Br)s2)cc1. The number of hydrogen-bond donors (Lipinski definition) is 0. The predicted octanol–water partition coefficient (Wildman–Crippen LogP) is 5.05. The lowest BCUT2D eigenvalue weighted by Gasteiger charge is -2.01. The summed E-state index contributed by atoms with van der Waals surface area (Å²) in [6.07, 6.45) is 0.483. The maximum atomic E-state index is 12.1. The van der Waals surface area contributed by atoms with Crippen LogP contribution in [0.4, 0.5) is 0 Å². The number of ketones is 1. The summed E-state index contributed by atoms with van der Waals surface area (Å²) in [4.78, 5) is 14.4. The van der Waals surface area contributed by atoms with Crippen molar-refractivity contribution >= 4 is 44.8 Å². The van der Waals surface area contributed by atoms with E-state index in [0.29, 0.717) is 6.42 Å². The molecule has 0 atom stereocenters. The fourth-order valence-electron chi connectivity index (χ4n) is 1.61. The molecule has 0 saturated carbocycles. The second-order valence-electron chi connectivity index (χ2n) is 3.76. The number of thioether (sulfide) groups is 1. The Hall–Kier alpha value is -0.580. The first-order valence-corrected chi connectivity index (χ1v) is 8.29. The molecule has 0 aliphatic carbocycles. The number of halogens is 1. The minimum absolute atomic E-state index is 0.178. The summed E-state index contributed by atoms with van der Waals surface area (Å²) >= 11 is 6.81. The van der Waals surface area contributed by atoms with Gasteiger partial charge in [0, 0.05) is 21.8 Å². The lowest BCUT2D eigenvalue weighted by atomic mass is 10.1. The highest BCUT2D eigenvalue weighted by Gasteiger charge is 2.08. The Morgan fingerprint density at radius 3 is 2.50 bits per heavy atom. The van der Waals surface area contributed by atoms with Crippen LogP contribution < -0.4 is 0 Å². The zero-order valence-corrected chi connectivity index (χ0v) is 13.2. The highest BCUT2D eigenvalue weighted by molar-refractivity contribution is 9.11. The summed E-state index contributed by atoms with van der Waals surface area (Å²) in [5, 5.41) is 0. The van der Waals surface area contributed by atoms with Crippen LogP contribution in [0.2, 0.25) is 0 Å². The van der Waals surface area contributed by atoms with Gasteiger partial charge in [0.15, 0.2) is 5.78 Å². The van der Waals surface area contributed by atoms with Gasteiger partial charge in [0.25, 0.3) is 0 Å².